The lowest BCUT2D eigenvalue weighted by molar-refractivity contribution is 0.328. The smallest absolute Gasteiger partial charge is 0.237 e. The van der Waals surface area contributed by atoms with Gasteiger partial charge in [0.1, 0.15) is 0 Å². The second-order valence-electron chi connectivity index (χ2n) is 4.21. The molecule has 0 aliphatic rings. The van der Waals surface area contributed by atoms with E-state index in [0.717, 1.165) is 10.2 Å². The van der Waals surface area contributed by atoms with Gasteiger partial charge in [0.15, 0.2) is 0 Å². The number of pyridine rings is 1. The van der Waals surface area contributed by atoms with Crippen LogP contribution in [-0.4, -0.2) is 11.6 Å². The Labute approximate surface area is 122 Å². The van der Waals surface area contributed by atoms with Gasteiger partial charge in [-0.25, -0.2) is 4.98 Å². The van der Waals surface area contributed by atoms with Gasteiger partial charge in [-0.05, 0) is 43.7 Å². The number of nitrogens with zero attached hydrogens (tertiary/aromatic N) is 1. The quantitative estimate of drug-likeness (QED) is 0.885. The summed E-state index contributed by atoms with van der Waals surface area (Å²) in [7, 11) is 0. The normalized spacial score (nSPS) is 11.9. The van der Waals surface area contributed by atoms with Crippen LogP contribution in [0, 0.1) is 0 Å². The molecule has 0 aliphatic heterocycles. The van der Waals surface area contributed by atoms with Gasteiger partial charge in [-0.3, -0.25) is 0 Å². The first-order valence-electron chi connectivity index (χ1n) is 6.30. The summed E-state index contributed by atoms with van der Waals surface area (Å²) in [4.78, 5) is 4.24. The summed E-state index contributed by atoms with van der Waals surface area (Å²) in [5.74, 6) is 0.647. The highest BCUT2D eigenvalue weighted by atomic mass is 79.9. The number of ether oxygens (including phenoxy) is 1. The fourth-order valence-corrected chi connectivity index (χ4v) is 2.08. The van der Waals surface area contributed by atoms with E-state index in [0.29, 0.717) is 12.5 Å². The van der Waals surface area contributed by atoms with Gasteiger partial charge in [0.25, 0.3) is 0 Å². The van der Waals surface area contributed by atoms with E-state index >= 15 is 0 Å². The Hall–Kier alpha value is -1.55. The van der Waals surface area contributed by atoms with Crippen LogP contribution in [-0.2, 0) is 0 Å². The molecule has 1 atom stereocenters. The largest absolute Gasteiger partial charge is 0.476 e. The molecule has 0 saturated heterocycles. The molecule has 0 amide bonds. The predicted molar refractivity (Wildman–Crippen MR) is 81.6 cm³/mol. The Bertz CT molecular complexity index is 528. The van der Waals surface area contributed by atoms with Crippen molar-refractivity contribution in [2.45, 2.75) is 19.9 Å². The summed E-state index contributed by atoms with van der Waals surface area (Å²) in [5, 5.41) is 3.43. The third-order valence-corrected chi connectivity index (χ3v) is 3.32. The standard InChI is InChI=1S/C15H17BrN2O/c1-3-19-15-14(5-4-10-17-15)18-11(2)12-6-8-13(16)9-7-12/h4-11,18H,3H2,1-2H3. The van der Waals surface area contributed by atoms with E-state index in [-0.39, 0.29) is 6.04 Å². The van der Waals surface area contributed by atoms with Crippen molar-refractivity contribution in [2.75, 3.05) is 11.9 Å². The number of hydrogen-bond donors (Lipinski definition) is 1. The van der Waals surface area contributed by atoms with E-state index in [1.165, 1.54) is 5.56 Å². The molecule has 4 heteroatoms. The summed E-state index contributed by atoms with van der Waals surface area (Å²) >= 11 is 3.44. The summed E-state index contributed by atoms with van der Waals surface area (Å²) in [6.07, 6.45) is 1.74. The molecular formula is C15H17BrN2O. The second-order valence-corrected chi connectivity index (χ2v) is 5.12. The Morgan fingerprint density at radius 3 is 2.68 bits per heavy atom. The lowest BCUT2D eigenvalue weighted by Gasteiger charge is -2.17. The van der Waals surface area contributed by atoms with Gasteiger partial charge in [-0.2, -0.15) is 0 Å². The van der Waals surface area contributed by atoms with Gasteiger partial charge in [0.05, 0.1) is 12.3 Å². The van der Waals surface area contributed by atoms with Gasteiger partial charge in [0, 0.05) is 16.7 Å². The zero-order chi connectivity index (χ0) is 13.7. The number of halogens is 1. The molecule has 2 rings (SSSR count). The van der Waals surface area contributed by atoms with E-state index in [1.54, 1.807) is 6.20 Å². The van der Waals surface area contributed by atoms with Crippen LogP contribution in [0.1, 0.15) is 25.5 Å². The lowest BCUT2D eigenvalue weighted by atomic mass is 10.1. The molecule has 2 aromatic rings. The molecule has 1 aromatic carbocycles. The monoisotopic (exact) mass is 320 g/mol. The number of aromatic nitrogens is 1. The van der Waals surface area contributed by atoms with Crippen LogP contribution in [0.25, 0.3) is 0 Å². The van der Waals surface area contributed by atoms with Crippen LogP contribution in [0.2, 0.25) is 0 Å². The zero-order valence-corrected chi connectivity index (χ0v) is 12.6. The van der Waals surface area contributed by atoms with E-state index < -0.39 is 0 Å². The van der Waals surface area contributed by atoms with Crippen molar-refractivity contribution in [3.8, 4) is 5.88 Å². The Morgan fingerprint density at radius 2 is 2.00 bits per heavy atom. The minimum absolute atomic E-state index is 0.191. The van der Waals surface area contributed by atoms with Gasteiger partial charge < -0.3 is 10.1 Å². The van der Waals surface area contributed by atoms with Crippen LogP contribution < -0.4 is 10.1 Å². The molecular weight excluding hydrogens is 304 g/mol. The van der Waals surface area contributed by atoms with Gasteiger partial charge in [0.2, 0.25) is 5.88 Å². The topological polar surface area (TPSA) is 34.1 Å². The Kier molecular flexibility index (Phi) is 4.80. The van der Waals surface area contributed by atoms with Gasteiger partial charge in [-0.1, -0.05) is 28.1 Å². The molecule has 0 saturated carbocycles. The van der Waals surface area contributed by atoms with Crippen molar-refractivity contribution in [3.63, 3.8) is 0 Å². The molecule has 1 unspecified atom stereocenters. The molecule has 0 radical (unpaired) electrons. The maximum absolute atomic E-state index is 5.51. The summed E-state index contributed by atoms with van der Waals surface area (Å²) < 4.78 is 6.59. The van der Waals surface area contributed by atoms with Gasteiger partial charge >= 0.3 is 0 Å². The van der Waals surface area contributed by atoms with E-state index in [9.17, 15) is 0 Å². The Morgan fingerprint density at radius 1 is 1.26 bits per heavy atom. The van der Waals surface area contributed by atoms with Crippen LogP contribution in [0.5, 0.6) is 5.88 Å². The summed E-state index contributed by atoms with van der Waals surface area (Å²) in [6.45, 7) is 4.68. The first-order valence-corrected chi connectivity index (χ1v) is 7.10. The van der Waals surface area contributed by atoms with Crippen molar-refractivity contribution < 1.29 is 4.74 Å². The van der Waals surface area contributed by atoms with Crippen LogP contribution in [0.15, 0.2) is 47.1 Å². The maximum Gasteiger partial charge on any atom is 0.237 e. The average Bonchev–Trinajstić information content (AvgIpc) is 2.42. The number of anilines is 1. The third kappa shape index (κ3) is 3.70. The first-order chi connectivity index (χ1) is 9.20. The number of benzene rings is 1. The maximum atomic E-state index is 5.51. The molecule has 0 spiro atoms. The number of hydrogen-bond acceptors (Lipinski definition) is 3. The molecule has 1 aromatic heterocycles. The van der Waals surface area contributed by atoms with E-state index in [2.05, 4.69) is 45.3 Å². The van der Waals surface area contributed by atoms with Crippen molar-refractivity contribution in [1.29, 1.82) is 0 Å². The number of rotatable bonds is 5. The molecule has 0 bridgehead atoms. The predicted octanol–water partition coefficient (Wildman–Crippen LogP) is 4.42. The van der Waals surface area contributed by atoms with Crippen molar-refractivity contribution in [1.82, 2.24) is 4.98 Å². The van der Waals surface area contributed by atoms with Gasteiger partial charge in [-0.15, -0.1) is 0 Å². The molecule has 100 valence electrons. The third-order valence-electron chi connectivity index (χ3n) is 2.79. The van der Waals surface area contributed by atoms with Crippen LogP contribution in [0.4, 0.5) is 5.69 Å². The van der Waals surface area contributed by atoms with Crippen molar-refractivity contribution in [3.05, 3.63) is 52.6 Å². The highest BCUT2D eigenvalue weighted by Gasteiger charge is 2.09. The molecule has 19 heavy (non-hydrogen) atoms. The molecule has 1 N–H and O–H groups in total. The zero-order valence-electron chi connectivity index (χ0n) is 11.1. The van der Waals surface area contributed by atoms with Crippen molar-refractivity contribution >= 4 is 21.6 Å². The van der Waals surface area contributed by atoms with Crippen molar-refractivity contribution in [2.24, 2.45) is 0 Å². The van der Waals surface area contributed by atoms with E-state index in [1.807, 2.05) is 31.2 Å². The summed E-state index contributed by atoms with van der Waals surface area (Å²) in [6, 6.07) is 12.3. The first kappa shape index (κ1) is 13.9. The second kappa shape index (κ2) is 6.57. The van der Waals surface area contributed by atoms with Crippen LogP contribution in [0.3, 0.4) is 0 Å². The minimum Gasteiger partial charge on any atom is -0.476 e. The molecule has 3 nitrogen and oxygen atoms in total. The minimum atomic E-state index is 0.191. The van der Waals surface area contributed by atoms with Crippen LogP contribution >= 0.6 is 15.9 Å². The molecule has 0 aliphatic carbocycles. The Balaban J connectivity index is 2.14. The highest BCUT2D eigenvalue weighted by molar-refractivity contribution is 9.10. The van der Waals surface area contributed by atoms with E-state index in [4.69, 9.17) is 4.74 Å². The SMILES string of the molecule is CCOc1ncccc1NC(C)c1ccc(Br)cc1. The average molecular weight is 321 g/mol. The fourth-order valence-electron chi connectivity index (χ4n) is 1.82. The highest BCUT2D eigenvalue weighted by Crippen LogP contribution is 2.26. The lowest BCUT2D eigenvalue weighted by Crippen LogP contribution is -2.08. The molecule has 0 fully saturated rings. The summed E-state index contributed by atoms with van der Waals surface area (Å²) in [5.41, 5.74) is 2.13. The fraction of sp³-hybridized carbons (Fsp3) is 0.267. The number of nitrogens with one attached hydrogen (secondary N) is 1. The molecule has 1 heterocycles.